The van der Waals surface area contributed by atoms with E-state index in [9.17, 15) is 4.79 Å². The minimum atomic E-state index is -0.0216. The predicted octanol–water partition coefficient (Wildman–Crippen LogP) is 2.11. The third kappa shape index (κ3) is 2.99. The molecular weight excluding hydrogens is 300 g/mol. The van der Waals surface area contributed by atoms with Crippen molar-refractivity contribution in [1.82, 2.24) is 15.5 Å². The standard InChI is InChI=1S/C15H20N4O2S/c1-4-14-17-18-15(22-14)19-7-11(12(8-19)16-10(3)20)13-6-5-9(2)21-13/h5-6,11-12H,4,7-8H2,1-3H3,(H,16,20)/t11-,12-/m1/s1. The fraction of sp³-hybridized carbons (Fsp3) is 0.533. The van der Waals surface area contributed by atoms with Crippen molar-refractivity contribution in [2.45, 2.75) is 39.2 Å². The van der Waals surface area contributed by atoms with Gasteiger partial charge in [0, 0.05) is 20.0 Å². The summed E-state index contributed by atoms with van der Waals surface area (Å²) in [6.45, 7) is 7.05. The van der Waals surface area contributed by atoms with Crippen LogP contribution in [0, 0.1) is 6.92 Å². The van der Waals surface area contributed by atoms with Gasteiger partial charge in [-0.05, 0) is 25.5 Å². The quantitative estimate of drug-likeness (QED) is 0.934. The van der Waals surface area contributed by atoms with Crippen LogP contribution < -0.4 is 10.2 Å². The van der Waals surface area contributed by atoms with Crippen LogP contribution in [0.2, 0.25) is 0 Å². The first-order valence-electron chi connectivity index (χ1n) is 7.47. The number of aryl methyl sites for hydroxylation is 2. The van der Waals surface area contributed by atoms with Crippen LogP contribution in [0.3, 0.4) is 0 Å². The van der Waals surface area contributed by atoms with Crippen LogP contribution in [0.1, 0.15) is 36.3 Å². The van der Waals surface area contributed by atoms with Crippen molar-refractivity contribution in [2.24, 2.45) is 0 Å². The number of rotatable bonds is 4. The van der Waals surface area contributed by atoms with Crippen molar-refractivity contribution >= 4 is 22.4 Å². The highest BCUT2D eigenvalue weighted by Gasteiger charge is 2.37. The first kappa shape index (κ1) is 15.0. The number of nitrogens with zero attached hydrogens (tertiary/aromatic N) is 3. The lowest BCUT2D eigenvalue weighted by atomic mass is 10.0. The van der Waals surface area contributed by atoms with E-state index in [-0.39, 0.29) is 17.9 Å². The average Bonchev–Trinajstić information content (AvgIpc) is 3.16. The lowest BCUT2D eigenvalue weighted by Crippen LogP contribution is -2.38. The Kier molecular flexibility index (Phi) is 4.15. The molecule has 0 bridgehead atoms. The second-order valence-corrected chi connectivity index (χ2v) is 6.64. The molecule has 2 atom stereocenters. The van der Waals surface area contributed by atoms with Gasteiger partial charge in [-0.15, -0.1) is 10.2 Å². The number of hydrogen-bond acceptors (Lipinski definition) is 6. The van der Waals surface area contributed by atoms with Gasteiger partial charge < -0.3 is 14.6 Å². The molecule has 1 saturated heterocycles. The molecule has 0 spiro atoms. The van der Waals surface area contributed by atoms with Crippen LogP contribution in [0.4, 0.5) is 5.13 Å². The van der Waals surface area contributed by atoms with Gasteiger partial charge in [0.15, 0.2) is 0 Å². The van der Waals surface area contributed by atoms with Crippen molar-refractivity contribution in [2.75, 3.05) is 18.0 Å². The number of anilines is 1. The number of furan rings is 1. The van der Waals surface area contributed by atoms with Crippen LogP contribution in [-0.4, -0.2) is 35.2 Å². The lowest BCUT2D eigenvalue weighted by molar-refractivity contribution is -0.119. The molecule has 22 heavy (non-hydrogen) atoms. The molecule has 6 nitrogen and oxygen atoms in total. The van der Waals surface area contributed by atoms with Gasteiger partial charge in [-0.3, -0.25) is 4.79 Å². The highest BCUT2D eigenvalue weighted by molar-refractivity contribution is 7.15. The number of nitrogens with one attached hydrogen (secondary N) is 1. The van der Waals surface area contributed by atoms with E-state index in [0.29, 0.717) is 0 Å². The fourth-order valence-electron chi connectivity index (χ4n) is 2.82. The molecular formula is C15H20N4O2S. The molecule has 1 aliphatic rings. The summed E-state index contributed by atoms with van der Waals surface area (Å²) < 4.78 is 5.78. The maximum absolute atomic E-state index is 11.5. The van der Waals surface area contributed by atoms with E-state index in [1.54, 1.807) is 18.3 Å². The van der Waals surface area contributed by atoms with Crippen LogP contribution in [0.15, 0.2) is 16.5 Å². The van der Waals surface area contributed by atoms with Crippen molar-refractivity contribution in [1.29, 1.82) is 0 Å². The van der Waals surface area contributed by atoms with Crippen molar-refractivity contribution < 1.29 is 9.21 Å². The van der Waals surface area contributed by atoms with Crippen LogP contribution in [0.5, 0.6) is 0 Å². The minimum absolute atomic E-state index is 0.0216. The second-order valence-electron chi connectivity index (χ2n) is 5.60. The predicted molar refractivity (Wildman–Crippen MR) is 85.3 cm³/mol. The largest absolute Gasteiger partial charge is 0.466 e. The third-order valence-corrected chi connectivity index (χ3v) is 4.99. The Morgan fingerprint density at radius 3 is 2.86 bits per heavy atom. The van der Waals surface area contributed by atoms with Gasteiger partial charge in [0.2, 0.25) is 11.0 Å². The maximum Gasteiger partial charge on any atom is 0.217 e. The molecule has 1 amide bonds. The van der Waals surface area contributed by atoms with Gasteiger partial charge in [0.05, 0.1) is 12.0 Å². The monoisotopic (exact) mass is 320 g/mol. The molecule has 3 heterocycles. The van der Waals surface area contributed by atoms with E-state index in [4.69, 9.17) is 4.42 Å². The molecule has 0 radical (unpaired) electrons. The Labute approximate surface area is 133 Å². The second kappa shape index (κ2) is 6.08. The summed E-state index contributed by atoms with van der Waals surface area (Å²) in [4.78, 5) is 13.7. The molecule has 0 saturated carbocycles. The van der Waals surface area contributed by atoms with Crippen LogP contribution >= 0.6 is 11.3 Å². The summed E-state index contributed by atoms with van der Waals surface area (Å²) in [5, 5.41) is 13.4. The van der Waals surface area contributed by atoms with E-state index in [1.165, 1.54) is 0 Å². The molecule has 3 rings (SSSR count). The summed E-state index contributed by atoms with van der Waals surface area (Å²) in [5.41, 5.74) is 0. The molecule has 0 aromatic carbocycles. The Morgan fingerprint density at radius 2 is 2.27 bits per heavy atom. The molecule has 0 unspecified atom stereocenters. The first-order valence-corrected chi connectivity index (χ1v) is 8.29. The molecule has 2 aromatic rings. The molecule has 7 heteroatoms. The van der Waals surface area contributed by atoms with Gasteiger partial charge in [0.1, 0.15) is 16.5 Å². The van der Waals surface area contributed by atoms with Gasteiger partial charge >= 0.3 is 0 Å². The molecule has 1 fully saturated rings. The van der Waals surface area contributed by atoms with E-state index in [2.05, 4.69) is 27.3 Å². The summed E-state index contributed by atoms with van der Waals surface area (Å²) in [5.74, 6) is 1.91. The number of amides is 1. The summed E-state index contributed by atoms with van der Waals surface area (Å²) >= 11 is 1.61. The van der Waals surface area contributed by atoms with E-state index in [1.807, 2.05) is 19.1 Å². The highest BCUT2D eigenvalue weighted by atomic mass is 32.1. The molecule has 1 aliphatic heterocycles. The fourth-order valence-corrected chi connectivity index (χ4v) is 3.62. The van der Waals surface area contributed by atoms with Gasteiger partial charge in [-0.2, -0.15) is 0 Å². The highest BCUT2D eigenvalue weighted by Crippen LogP contribution is 2.33. The molecule has 118 valence electrons. The average molecular weight is 320 g/mol. The van der Waals surface area contributed by atoms with Crippen molar-refractivity contribution in [3.8, 4) is 0 Å². The Balaban J connectivity index is 1.82. The smallest absolute Gasteiger partial charge is 0.217 e. The molecule has 1 N–H and O–H groups in total. The third-order valence-electron chi connectivity index (χ3n) is 3.86. The zero-order chi connectivity index (χ0) is 15.7. The van der Waals surface area contributed by atoms with Gasteiger partial charge in [-0.25, -0.2) is 0 Å². The minimum Gasteiger partial charge on any atom is -0.466 e. The Hall–Kier alpha value is -1.89. The Morgan fingerprint density at radius 1 is 1.45 bits per heavy atom. The van der Waals surface area contributed by atoms with E-state index in [0.717, 1.165) is 41.2 Å². The maximum atomic E-state index is 11.5. The number of hydrogen-bond donors (Lipinski definition) is 1. The van der Waals surface area contributed by atoms with Crippen molar-refractivity contribution in [3.05, 3.63) is 28.7 Å². The van der Waals surface area contributed by atoms with Gasteiger partial charge in [0.25, 0.3) is 0 Å². The zero-order valence-corrected chi connectivity index (χ0v) is 13.8. The lowest BCUT2D eigenvalue weighted by Gasteiger charge is -2.16. The molecule has 0 aliphatic carbocycles. The number of aromatic nitrogens is 2. The van der Waals surface area contributed by atoms with Crippen LogP contribution in [0.25, 0.3) is 0 Å². The van der Waals surface area contributed by atoms with Gasteiger partial charge in [-0.1, -0.05) is 18.3 Å². The molecule has 2 aromatic heterocycles. The topological polar surface area (TPSA) is 71.3 Å². The van der Waals surface area contributed by atoms with E-state index >= 15 is 0 Å². The Bertz CT molecular complexity index is 666. The summed E-state index contributed by atoms with van der Waals surface area (Å²) in [6.07, 6.45) is 0.890. The SMILES string of the molecule is CCc1nnc(N2C[C@@H](NC(C)=O)[C@H](c3ccc(C)o3)C2)s1. The van der Waals surface area contributed by atoms with Crippen molar-refractivity contribution in [3.63, 3.8) is 0 Å². The normalized spacial score (nSPS) is 21.3. The number of carbonyl (C=O) groups is 1. The van der Waals surface area contributed by atoms with Crippen LogP contribution in [-0.2, 0) is 11.2 Å². The number of carbonyl (C=O) groups excluding carboxylic acids is 1. The summed E-state index contributed by atoms with van der Waals surface area (Å²) in [7, 11) is 0. The first-order chi connectivity index (χ1) is 10.6. The summed E-state index contributed by atoms with van der Waals surface area (Å²) in [6, 6.07) is 3.98. The zero-order valence-electron chi connectivity index (χ0n) is 13.0. The van der Waals surface area contributed by atoms with E-state index < -0.39 is 0 Å².